The maximum absolute atomic E-state index is 5.74. The first-order chi connectivity index (χ1) is 16.2. The van der Waals surface area contributed by atoms with E-state index in [1.165, 1.54) is 32.0 Å². The molecule has 6 heteroatoms. The fourth-order valence-electron chi connectivity index (χ4n) is 5.19. The van der Waals surface area contributed by atoms with Gasteiger partial charge in [-0.25, -0.2) is 0 Å². The molecule has 4 rings (SSSR count). The number of halogens is 4. The molecular weight excluding hydrogens is 697 g/mol. The van der Waals surface area contributed by atoms with Gasteiger partial charge in [0.2, 0.25) is 0 Å². The van der Waals surface area contributed by atoms with Crippen molar-refractivity contribution in [2.45, 2.75) is 82.1 Å². The van der Waals surface area contributed by atoms with Crippen LogP contribution in [0.5, 0.6) is 0 Å². The predicted octanol–water partition coefficient (Wildman–Crippen LogP) is 5.48. The molecule has 0 bridgehead atoms. The summed E-state index contributed by atoms with van der Waals surface area (Å²) < 4.78 is 10.4. The van der Waals surface area contributed by atoms with Crippen LogP contribution < -0.4 is 24.8 Å². The minimum atomic E-state index is -1.96. The third-order valence-corrected chi connectivity index (χ3v) is 18.9. The van der Waals surface area contributed by atoms with E-state index in [0.29, 0.717) is 11.8 Å². The normalized spacial score (nSPS) is 21.9. The maximum atomic E-state index is 5.74. The molecule has 0 saturated carbocycles. The van der Waals surface area contributed by atoms with E-state index < -0.39 is 39.6 Å². The van der Waals surface area contributed by atoms with Crippen LogP contribution in [0.4, 0.5) is 0 Å². The van der Waals surface area contributed by atoms with E-state index in [-0.39, 0.29) is 24.8 Å². The zero-order valence-corrected chi connectivity index (χ0v) is 32.5. The third kappa shape index (κ3) is 9.44. The van der Waals surface area contributed by atoms with E-state index in [9.17, 15) is 0 Å². The summed E-state index contributed by atoms with van der Waals surface area (Å²) in [5, 5.41) is 0. The third-order valence-electron chi connectivity index (χ3n) is 8.32. The molecule has 0 aliphatic heterocycles. The summed E-state index contributed by atoms with van der Waals surface area (Å²) in [5.74, 6) is 1.19. The summed E-state index contributed by atoms with van der Waals surface area (Å²) in [4.78, 5) is 0. The molecule has 0 saturated heterocycles. The van der Waals surface area contributed by atoms with Crippen LogP contribution in [-0.4, -0.2) is 0 Å². The van der Waals surface area contributed by atoms with Crippen molar-refractivity contribution in [2.75, 3.05) is 0 Å². The topological polar surface area (TPSA) is 0 Å². The van der Waals surface area contributed by atoms with Crippen LogP contribution in [0.2, 0.25) is 13.9 Å². The van der Waals surface area contributed by atoms with Gasteiger partial charge in [0.1, 0.15) is 0 Å². The van der Waals surface area contributed by atoms with Gasteiger partial charge in [0.25, 0.3) is 0 Å². The zero-order valence-electron chi connectivity index (χ0n) is 24.5. The second-order valence-corrected chi connectivity index (χ2v) is 32.4. The van der Waals surface area contributed by atoms with E-state index in [2.05, 4.69) is 93.6 Å². The number of hydrogen-bond acceptors (Lipinski definition) is 0. The molecule has 37 heavy (non-hydrogen) atoms. The summed E-state index contributed by atoms with van der Waals surface area (Å²) in [5.41, 5.74) is 12.4. The summed E-state index contributed by atoms with van der Waals surface area (Å²) in [6.07, 6.45) is 15.2. The van der Waals surface area contributed by atoms with Gasteiger partial charge in [-0.15, -0.1) is 0 Å². The van der Waals surface area contributed by atoms with E-state index >= 15 is 0 Å². The van der Waals surface area contributed by atoms with Gasteiger partial charge in [-0.2, -0.15) is 0 Å². The molecule has 0 aromatic rings. The molecule has 0 spiro atoms. The second kappa shape index (κ2) is 16.3. The van der Waals surface area contributed by atoms with Gasteiger partial charge in [-0.1, -0.05) is 25.0 Å². The molecule has 0 heterocycles. The fourth-order valence-corrected chi connectivity index (χ4v) is 11.3. The molecule has 0 nitrogen and oxygen atoms in total. The Balaban J connectivity index is 0.000000575. The molecule has 0 amide bonds. The van der Waals surface area contributed by atoms with Crippen molar-refractivity contribution >= 4 is 17.0 Å². The predicted molar refractivity (Wildman–Crippen MR) is 153 cm³/mol. The van der Waals surface area contributed by atoms with Crippen molar-refractivity contribution in [3.63, 3.8) is 0 Å². The Morgan fingerprint density at radius 3 is 1.27 bits per heavy atom. The molecule has 4 aliphatic carbocycles. The van der Waals surface area contributed by atoms with Crippen molar-refractivity contribution < 1.29 is 64.4 Å². The minimum absolute atomic E-state index is 0. The van der Waals surface area contributed by atoms with Crippen LogP contribution in [0.25, 0.3) is 0 Å². The molecule has 205 valence electrons. The van der Waals surface area contributed by atoms with Gasteiger partial charge in [0.15, 0.2) is 0 Å². The van der Waals surface area contributed by atoms with Crippen molar-refractivity contribution in [1.29, 1.82) is 0 Å². The summed E-state index contributed by atoms with van der Waals surface area (Å²) >= 11 is -3.56. The van der Waals surface area contributed by atoms with Crippen LogP contribution in [0.3, 0.4) is 0 Å². The van der Waals surface area contributed by atoms with E-state index in [1.54, 1.807) is 25.6 Å². The van der Waals surface area contributed by atoms with Gasteiger partial charge >= 0.3 is 126 Å². The molecule has 2 unspecified atom stereocenters. The monoisotopic (exact) mass is 737 g/mol. The van der Waals surface area contributed by atoms with Crippen molar-refractivity contribution in [3.8, 4) is 0 Å². The van der Waals surface area contributed by atoms with Gasteiger partial charge in [-0.05, 0) is 75.0 Å². The molecule has 0 radical (unpaired) electrons. The quantitative estimate of drug-likeness (QED) is 0.360. The summed E-state index contributed by atoms with van der Waals surface area (Å²) in [6, 6.07) is 0. The SMILES string of the molecule is CC1=C(C)C(C)C(C2=C(C)C(C)=C(C)C2C)=C1C.[CH3][Zr+2]([CH3])([CH3])[C]1=CC=CC1.[Cl-].[Cl-].[Cl][Zr]([Cl])[C]1=CC=CC1. The van der Waals surface area contributed by atoms with Crippen LogP contribution >= 0.6 is 17.0 Å². The molecule has 4 aliphatic rings. The van der Waals surface area contributed by atoms with Gasteiger partial charge in [-0.3, -0.25) is 0 Å². The van der Waals surface area contributed by atoms with Gasteiger partial charge in [0.05, 0.1) is 0 Å². The van der Waals surface area contributed by atoms with Crippen molar-refractivity contribution in [2.24, 2.45) is 11.8 Å². The van der Waals surface area contributed by atoms with Gasteiger partial charge < -0.3 is 24.8 Å². The Morgan fingerprint density at radius 1 is 0.676 bits per heavy atom. The standard InChI is InChI=1S/C18H26.2C5H5.3CH3.4ClH.2Zr/c1-9-10(2)14(6)17(13(9)5)18-15(7)11(3)12(4)16(18)8;2*1-2-4-5-3-1;;;;;;;;;/h13,15H,1-8H3;2*1-3H,4H2;3*1H3;4*1H;;/q;;;;;;;;;;2*+2/p-4. The molecule has 0 aromatic carbocycles. The Morgan fingerprint density at radius 2 is 1.08 bits per heavy atom. The molecular formula is C31H45Cl4Zr2. The fraction of sp³-hybridized carbons (Fsp3) is 0.484. The molecule has 2 atom stereocenters. The number of allylic oxidation sites excluding steroid dienone is 16. The second-order valence-electron chi connectivity index (χ2n) is 11.3. The Kier molecular flexibility index (Phi) is 16.7. The van der Waals surface area contributed by atoms with E-state index in [0.717, 1.165) is 6.42 Å². The average molecular weight is 742 g/mol. The Labute approximate surface area is 260 Å². The molecule has 0 fully saturated rings. The Hall–Kier alpha value is 0.846. The van der Waals surface area contributed by atoms with Crippen LogP contribution in [-0.2, 0) is 39.6 Å². The number of rotatable bonds is 3. The summed E-state index contributed by atoms with van der Waals surface area (Å²) in [7, 11) is 11.5. The van der Waals surface area contributed by atoms with Gasteiger partial charge in [0, 0.05) is 11.8 Å². The van der Waals surface area contributed by atoms with Crippen molar-refractivity contribution in [1.82, 2.24) is 0 Å². The number of hydrogen-bond donors (Lipinski definition) is 0. The summed E-state index contributed by atoms with van der Waals surface area (Å²) in [6.45, 7) is 18.5. The van der Waals surface area contributed by atoms with Crippen molar-refractivity contribution in [3.05, 3.63) is 87.6 Å². The van der Waals surface area contributed by atoms with Crippen LogP contribution in [0, 0.1) is 11.8 Å². The molecule has 0 aromatic heterocycles. The van der Waals surface area contributed by atoms with E-state index in [4.69, 9.17) is 17.0 Å². The first-order valence-corrected chi connectivity index (χ1v) is 29.0. The van der Waals surface area contributed by atoms with Crippen LogP contribution in [0.15, 0.2) is 87.6 Å². The first-order valence-electron chi connectivity index (χ1n) is 12.9. The average Bonchev–Trinajstić information content (AvgIpc) is 3.58. The Bertz CT molecular complexity index is 1040. The van der Waals surface area contributed by atoms with E-state index in [1.807, 2.05) is 12.2 Å². The first kappa shape index (κ1) is 37.8. The molecule has 0 N–H and O–H groups in total. The van der Waals surface area contributed by atoms with Crippen LogP contribution in [0.1, 0.15) is 68.2 Å². The zero-order chi connectivity index (χ0) is 26.7.